The summed E-state index contributed by atoms with van der Waals surface area (Å²) in [6.45, 7) is 0.569. The summed E-state index contributed by atoms with van der Waals surface area (Å²) in [6.07, 6.45) is 0. The molecular weight excluding hydrogens is 512 g/mol. The molecule has 4 rings (SSSR count). The summed E-state index contributed by atoms with van der Waals surface area (Å²) in [6, 6.07) is 25.9. The Morgan fingerprint density at radius 3 is 1.79 bits per heavy atom. The van der Waals surface area contributed by atoms with Gasteiger partial charge in [0.25, 0.3) is 0 Å². The number of nitrogens with zero attached hydrogens (tertiary/aromatic N) is 1. The lowest BCUT2D eigenvalue weighted by Gasteiger charge is -2.23. The monoisotopic (exact) mass is 537 g/mol. The predicted octanol–water partition coefficient (Wildman–Crippen LogP) is 5.48. The Labute approximate surface area is 220 Å². The van der Waals surface area contributed by atoms with Crippen LogP contribution >= 0.6 is 0 Å². The molecule has 0 aliphatic heterocycles. The lowest BCUT2D eigenvalue weighted by atomic mass is 10.1. The number of carbonyl (C=O) groups is 1. The van der Waals surface area contributed by atoms with E-state index in [1.54, 1.807) is 29.2 Å². The molecule has 4 aromatic rings. The van der Waals surface area contributed by atoms with E-state index in [1.807, 2.05) is 30.3 Å². The van der Waals surface area contributed by atoms with Crippen molar-refractivity contribution in [2.75, 3.05) is 6.61 Å². The smallest absolute Gasteiger partial charge is 0.339 e. The zero-order valence-electron chi connectivity index (χ0n) is 20.3. The highest BCUT2D eigenvalue weighted by atomic mass is 32.2. The van der Waals surface area contributed by atoms with Crippen LogP contribution in [-0.4, -0.2) is 25.8 Å². The van der Waals surface area contributed by atoms with Gasteiger partial charge in [0.1, 0.15) is 28.9 Å². The summed E-state index contributed by atoms with van der Waals surface area (Å²) in [7, 11) is -4.14. The molecule has 0 aliphatic carbocycles. The Morgan fingerprint density at radius 1 is 0.684 bits per heavy atom. The highest BCUT2D eigenvalue weighted by Crippen LogP contribution is 2.21. The molecule has 0 N–H and O–H groups in total. The number of benzene rings is 4. The second-order valence-corrected chi connectivity index (χ2v) is 10.0. The Morgan fingerprint density at radius 2 is 1.21 bits per heavy atom. The SMILES string of the molecule is O=C(COCc1ccccc1)N(Cc1ccc(F)cc1)Cc1ccc(OS(=O)(=O)c2ccc(F)cc2)cc1. The van der Waals surface area contributed by atoms with Gasteiger partial charge in [-0.3, -0.25) is 4.79 Å². The van der Waals surface area contributed by atoms with E-state index in [0.29, 0.717) is 0 Å². The van der Waals surface area contributed by atoms with E-state index in [-0.39, 0.29) is 48.7 Å². The van der Waals surface area contributed by atoms with Crippen LogP contribution in [0.4, 0.5) is 8.78 Å². The summed E-state index contributed by atoms with van der Waals surface area (Å²) in [5, 5.41) is 0. The molecule has 0 saturated heterocycles. The minimum absolute atomic E-state index is 0.0701. The van der Waals surface area contributed by atoms with Crippen LogP contribution in [-0.2, 0) is 39.3 Å². The molecule has 0 bridgehead atoms. The fourth-order valence-corrected chi connectivity index (χ4v) is 4.54. The highest BCUT2D eigenvalue weighted by molar-refractivity contribution is 7.87. The maximum atomic E-state index is 13.4. The van der Waals surface area contributed by atoms with Crippen molar-refractivity contribution in [2.24, 2.45) is 0 Å². The molecule has 9 heteroatoms. The minimum Gasteiger partial charge on any atom is -0.379 e. The van der Waals surface area contributed by atoms with E-state index in [1.165, 1.54) is 24.3 Å². The van der Waals surface area contributed by atoms with E-state index >= 15 is 0 Å². The molecule has 6 nitrogen and oxygen atoms in total. The number of rotatable bonds is 11. The van der Waals surface area contributed by atoms with Gasteiger partial charge in [-0.2, -0.15) is 8.42 Å². The normalized spacial score (nSPS) is 11.2. The van der Waals surface area contributed by atoms with Gasteiger partial charge in [0.2, 0.25) is 5.91 Å². The van der Waals surface area contributed by atoms with Crippen LogP contribution in [0, 0.1) is 11.6 Å². The molecule has 0 radical (unpaired) electrons. The molecule has 0 heterocycles. The summed E-state index contributed by atoms with van der Waals surface area (Å²) < 4.78 is 62.2. The molecule has 196 valence electrons. The van der Waals surface area contributed by atoms with Crippen LogP contribution in [0.5, 0.6) is 5.75 Å². The van der Waals surface area contributed by atoms with Crippen molar-refractivity contribution in [3.05, 3.63) is 131 Å². The zero-order chi connectivity index (χ0) is 27.0. The molecule has 0 spiro atoms. The van der Waals surface area contributed by atoms with Crippen molar-refractivity contribution in [1.29, 1.82) is 0 Å². The zero-order valence-corrected chi connectivity index (χ0v) is 21.1. The van der Waals surface area contributed by atoms with Gasteiger partial charge in [-0.05, 0) is 65.2 Å². The largest absolute Gasteiger partial charge is 0.379 e. The van der Waals surface area contributed by atoms with Crippen molar-refractivity contribution >= 4 is 16.0 Å². The second kappa shape index (κ2) is 12.4. The van der Waals surface area contributed by atoms with Gasteiger partial charge in [-0.15, -0.1) is 0 Å². The van der Waals surface area contributed by atoms with Crippen LogP contribution < -0.4 is 4.18 Å². The molecule has 0 atom stereocenters. The van der Waals surface area contributed by atoms with Crippen molar-refractivity contribution in [3.63, 3.8) is 0 Å². The Hall–Kier alpha value is -4.08. The highest BCUT2D eigenvalue weighted by Gasteiger charge is 2.18. The lowest BCUT2D eigenvalue weighted by molar-refractivity contribution is -0.137. The van der Waals surface area contributed by atoms with Crippen LogP contribution in [0.1, 0.15) is 16.7 Å². The van der Waals surface area contributed by atoms with Gasteiger partial charge >= 0.3 is 10.1 Å². The molecule has 0 saturated carbocycles. The summed E-state index contributed by atoms with van der Waals surface area (Å²) in [5.74, 6) is -1.12. The molecule has 0 unspecified atom stereocenters. The third kappa shape index (κ3) is 7.71. The van der Waals surface area contributed by atoms with Gasteiger partial charge in [0, 0.05) is 13.1 Å². The first-order chi connectivity index (χ1) is 18.3. The van der Waals surface area contributed by atoms with Crippen molar-refractivity contribution < 1.29 is 30.9 Å². The first-order valence-corrected chi connectivity index (χ1v) is 13.1. The van der Waals surface area contributed by atoms with Gasteiger partial charge in [-0.25, -0.2) is 8.78 Å². The van der Waals surface area contributed by atoms with Gasteiger partial charge in [0.15, 0.2) is 0 Å². The van der Waals surface area contributed by atoms with Gasteiger partial charge in [-0.1, -0.05) is 54.6 Å². The molecule has 1 amide bonds. The standard InChI is InChI=1S/C29H25F2NO5S/c30-25-10-6-22(7-11-25)18-32(29(33)21-36-20-24-4-2-1-3-5-24)19-23-8-14-27(15-9-23)37-38(34,35)28-16-12-26(31)13-17-28/h1-17H,18-21H2. The fourth-order valence-electron chi connectivity index (χ4n) is 3.61. The maximum Gasteiger partial charge on any atom is 0.339 e. The molecule has 4 aromatic carbocycles. The van der Waals surface area contributed by atoms with Crippen molar-refractivity contribution in [3.8, 4) is 5.75 Å². The molecule has 0 fully saturated rings. The first-order valence-electron chi connectivity index (χ1n) is 11.7. The fraction of sp³-hybridized carbons (Fsp3) is 0.138. The van der Waals surface area contributed by atoms with E-state index in [2.05, 4.69) is 0 Å². The van der Waals surface area contributed by atoms with Crippen molar-refractivity contribution in [2.45, 2.75) is 24.6 Å². The quantitative estimate of drug-likeness (QED) is 0.237. The first kappa shape index (κ1) is 27.0. The van der Waals surface area contributed by atoms with Gasteiger partial charge in [0.05, 0.1) is 6.61 Å². The van der Waals surface area contributed by atoms with Crippen molar-refractivity contribution in [1.82, 2.24) is 4.90 Å². The van der Waals surface area contributed by atoms with Gasteiger partial charge < -0.3 is 13.8 Å². The van der Waals surface area contributed by atoms with Crippen LogP contribution in [0.15, 0.2) is 108 Å². The Kier molecular flexibility index (Phi) is 8.83. The summed E-state index contributed by atoms with van der Waals surface area (Å²) in [5.41, 5.74) is 2.40. The summed E-state index contributed by atoms with van der Waals surface area (Å²) in [4.78, 5) is 14.4. The third-order valence-corrected chi connectivity index (χ3v) is 6.84. The second-order valence-electron chi connectivity index (χ2n) is 8.49. The summed E-state index contributed by atoms with van der Waals surface area (Å²) >= 11 is 0. The van der Waals surface area contributed by atoms with E-state index in [9.17, 15) is 22.0 Å². The number of ether oxygens (including phenoxy) is 1. The topological polar surface area (TPSA) is 72.9 Å². The average Bonchev–Trinajstić information content (AvgIpc) is 2.91. The van der Waals surface area contributed by atoms with Crippen LogP contribution in [0.3, 0.4) is 0 Å². The van der Waals surface area contributed by atoms with Crippen LogP contribution in [0.2, 0.25) is 0 Å². The predicted molar refractivity (Wildman–Crippen MR) is 137 cm³/mol. The average molecular weight is 538 g/mol. The Bertz CT molecular complexity index is 1440. The number of hydrogen-bond donors (Lipinski definition) is 0. The molecule has 0 aliphatic rings. The van der Waals surface area contributed by atoms with Crippen LogP contribution in [0.25, 0.3) is 0 Å². The lowest BCUT2D eigenvalue weighted by Crippen LogP contribution is -2.33. The number of hydrogen-bond acceptors (Lipinski definition) is 5. The molecule has 38 heavy (non-hydrogen) atoms. The molecule has 0 aromatic heterocycles. The third-order valence-electron chi connectivity index (χ3n) is 5.58. The van der Waals surface area contributed by atoms with E-state index < -0.39 is 15.9 Å². The minimum atomic E-state index is -4.14. The Balaban J connectivity index is 1.43. The van der Waals surface area contributed by atoms with E-state index in [0.717, 1.165) is 41.0 Å². The number of carbonyl (C=O) groups excluding carboxylic acids is 1. The number of halogens is 2. The molecular formula is C29H25F2NO5S. The maximum absolute atomic E-state index is 13.4. The number of amides is 1. The van der Waals surface area contributed by atoms with E-state index in [4.69, 9.17) is 8.92 Å².